The van der Waals surface area contributed by atoms with Crippen LogP contribution in [0.5, 0.6) is 0 Å². The lowest BCUT2D eigenvalue weighted by Gasteiger charge is -2.13. The van der Waals surface area contributed by atoms with Crippen LogP contribution >= 0.6 is 11.3 Å². The van der Waals surface area contributed by atoms with E-state index in [1.54, 1.807) is 31.6 Å². The number of thiazole rings is 1. The number of ether oxygens (including phenoxy) is 2. The Bertz CT molecular complexity index is 1000. The molecule has 1 aliphatic rings. The lowest BCUT2D eigenvalue weighted by Crippen LogP contribution is -2.12. The normalized spacial score (nSPS) is 13.5. The van der Waals surface area contributed by atoms with Gasteiger partial charge in [0.15, 0.2) is 0 Å². The second-order valence-electron chi connectivity index (χ2n) is 6.60. The molecule has 1 aliphatic carbocycles. The predicted octanol–water partition coefficient (Wildman–Crippen LogP) is 4.33. The zero-order chi connectivity index (χ0) is 19.5. The summed E-state index contributed by atoms with van der Waals surface area (Å²) in [6.07, 6.45) is 3.78. The summed E-state index contributed by atoms with van der Waals surface area (Å²) in [5.74, 6) is 0.304. The molecule has 0 atom stereocenters. The van der Waals surface area contributed by atoms with E-state index in [2.05, 4.69) is 20.6 Å². The third-order valence-electron chi connectivity index (χ3n) is 4.31. The number of anilines is 3. The fourth-order valence-electron chi connectivity index (χ4n) is 2.85. The summed E-state index contributed by atoms with van der Waals surface area (Å²) >= 11 is 1.61. The molecule has 0 saturated heterocycles. The maximum Gasteiger partial charge on any atom is 0.341 e. The second kappa shape index (κ2) is 8.12. The number of nitrogens with one attached hydrogen (secondary N) is 2. The number of benzene rings is 1. The van der Waals surface area contributed by atoms with Gasteiger partial charge in [0, 0.05) is 31.1 Å². The maximum atomic E-state index is 12.2. The highest BCUT2D eigenvalue weighted by molar-refractivity contribution is 7.18. The Hall–Kier alpha value is -2.71. The second-order valence-corrected chi connectivity index (χ2v) is 7.72. The average molecular weight is 398 g/mol. The fraction of sp³-hybridized carbons (Fsp3) is 0.350. The molecule has 0 aliphatic heterocycles. The first-order valence-corrected chi connectivity index (χ1v) is 10.1. The number of carbonyl (C=O) groups is 1. The Balaban J connectivity index is 1.58. The van der Waals surface area contributed by atoms with Gasteiger partial charge in [0.2, 0.25) is 0 Å². The molecule has 28 heavy (non-hydrogen) atoms. The van der Waals surface area contributed by atoms with Crippen LogP contribution in [0.3, 0.4) is 0 Å². The fourth-order valence-corrected chi connectivity index (χ4v) is 3.82. The van der Waals surface area contributed by atoms with Crippen molar-refractivity contribution < 1.29 is 14.3 Å². The molecule has 1 saturated carbocycles. The maximum absolute atomic E-state index is 12.2. The van der Waals surface area contributed by atoms with Gasteiger partial charge in [0.1, 0.15) is 16.4 Å². The van der Waals surface area contributed by atoms with Crippen molar-refractivity contribution in [1.29, 1.82) is 0 Å². The molecule has 0 radical (unpaired) electrons. The smallest absolute Gasteiger partial charge is 0.341 e. The highest BCUT2D eigenvalue weighted by Crippen LogP contribution is 2.30. The standard InChI is InChI=1S/C20H22N4O3S/c1-3-27-20(25)14-10-21-18(9-16(14)22-12-4-5-12)23-13-6-7-15-17(8-13)28-19(24-15)11-26-2/h6-10,12H,3-5,11H2,1-2H3,(H2,21,22,23). The summed E-state index contributed by atoms with van der Waals surface area (Å²) < 4.78 is 11.4. The van der Waals surface area contributed by atoms with Crippen LogP contribution in [0.15, 0.2) is 30.5 Å². The number of hydrogen-bond donors (Lipinski definition) is 2. The Labute approximate surface area is 167 Å². The minimum Gasteiger partial charge on any atom is -0.462 e. The van der Waals surface area contributed by atoms with Crippen LogP contribution in [-0.4, -0.2) is 35.7 Å². The van der Waals surface area contributed by atoms with Crippen LogP contribution < -0.4 is 10.6 Å². The lowest BCUT2D eigenvalue weighted by molar-refractivity contribution is 0.0527. The van der Waals surface area contributed by atoms with Crippen molar-refractivity contribution in [3.8, 4) is 0 Å². The lowest BCUT2D eigenvalue weighted by atomic mass is 10.2. The van der Waals surface area contributed by atoms with Crippen molar-refractivity contribution >= 4 is 44.7 Å². The van der Waals surface area contributed by atoms with E-state index in [1.165, 1.54) is 0 Å². The summed E-state index contributed by atoms with van der Waals surface area (Å²) in [5.41, 5.74) is 3.07. The molecular weight excluding hydrogens is 376 g/mol. The van der Waals surface area contributed by atoms with E-state index in [1.807, 2.05) is 24.3 Å². The predicted molar refractivity (Wildman–Crippen MR) is 110 cm³/mol. The summed E-state index contributed by atoms with van der Waals surface area (Å²) in [6, 6.07) is 8.26. The van der Waals surface area contributed by atoms with Gasteiger partial charge in [0.25, 0.3) is 0 Å². The van der Waals surface area contributed by atoms with Crippen LogP contribution in [0, 0.1) is 0 Å². The summed E-state index contributed by atoms with van der Waals surface area (Å²) in [6.45, 7) is 2.64. The number of pyridine rings is 1. The highest BCUT2D eigenvalue weighted by atomic mass is 32.1. The summed E-state index contributed by atoms with van der Waals surface area (Å²) in [5, 5.41) is 7.65. The topological polar surface area (TPSA) is 85.4 Å². The van der Waals surface area contributed by atoms with E-state index in [4.69, 9.17) is 9.47 Å². The van der Waals surface area contributed by atoms with Gasteiger partial charge in [-0.3, -0.25) is 0 Å². The van der Waals surface area contributed by atoms with Crippen LogP contribution in [0.1, 0.15) is 35.1 Å². The van der Waals surface area contributed by atoms with Crippen molar-refractivity contribution in [3.63, 3.8) is 0 Å². The average Bonchev–Trinajstić information content (AvgIpc) is 3.39. The number of carbonyl (C=O) groups excluding carboxylic acids is 1. The van der Waals surface area contributed by atoms with Crippen molar-refractivity contribution in [1.82, 2.24) is 9.97 Å². The molecule has 7 nitrogen and oxygen atoms in total. The number of nitrogens with zero attached hydrogens (tertiary/aromatic N) is 2. The molecule has 0 spiro atoms. The number of rotatable bonds is 8. The Kier molecular flexibility index (Phi) is 5.40. The van der Waals surface area contributed by atoms with Gasteiger partial charge >= 0.3 is 5.97 Å². The molecule has 0 unspecified atom stereocenters. The van der Waals surface area contributed by atoms with Gasteiger partial charge in [-0.05, 0) is 38.0 Å². The van der Waals surface area contributed by atoms with Gasteiger partial charge in [-0.1, -0.05) is 0 Å². The molecule has 1 aromatic carbocycles. The molecule has 0 amide bonds. The Morgan fingerprint density at radius 2 is 2.18 bits per heavy atom. The van der Waals surface area contributed by atoms with E-state index in [9.17, 15) is 4.79 Å². The van der Waals surface area contributed by atoms with Crippen molar-refractivity contribution in [2.75, 3.05) is 24.4 Å². The SMILES string of the molecule is CCOC(=O)c1cnc(Nc2ccc3nc(COC)sc3c2)cc1NC1CC1. The van der Waals surface area contributed by atoms with Crippen LogP contribution in [0.25, 0.3) is 10.2 Å². The molecule has 8 heteroatoms. The summed E-state index contributed by atoms with van der Waals surface area (Å²) in [7, 11) is 1.66. The largest absolute Gasteiger partial charge is 0.462 e. The minimum absolute atomic E-state index is 0.335. The van der Waals surface area contributed by atoms with Crippen LogP contribution in [0.4, 0.5) is 17.2 Å². The zero-order valence-electron chi connectivity index (χ0n) is 15.8. The third-order valence-corrected chi connectivity index (χ3v) is 5.30. The molecule has 146 valence electrons. The zero-order valence-corrected chi connectivity index (χ0v) is 16.6. The van der Waals surface area contributed by atoms with Gasteiger partial charge in [-0.2, -0.15) is 0 Å². The van der Waals surface area contributed by atoms with Crippen molar-refractivity contribution in [2.45, 2.75) is 32.4 Å². The monoisotopic (exact) mass is 398 g/mol. The van der Waals surface area contributed by atoms with Crippen molar-refractivity contribution in [3.05, 3.63) is 41.0 Å². The highest BCUT2D eigenvalue weighted by Gasteiger charge is 2.24. The number of aromatic nitrogens is 2. The molecule has 0 bridgehead atoms. The van der Waals surface area contributed by atoms with Crippen LogP contribution in [-0.2, 0) is 16.1 Å². The van der Waals surface area contributed by atoms with E-state index < -0.39 is 0 Å². The first kappa shape index (κ1) is 18.6. The van der Waals surface area contributed by atoms with Gasteiger partial charge in [0.05, 0.1) is 29.1 Å². The number of fused-ring (bicyclic) bond motifs is 1. The third kappa shape index (κ3) is 4.23. The molecule has 1 fully saturated rings. The minimum atomic E-state index is -0.360. The Morgan fingerprint density at radius 3 is 2.93 bits per heavy atom. The molecule has 2 N–H and O–H groups in total. The first-order chi connectivity index (χ1) is 13.7. The number of hydrogen-bond acceptors (Lipinski definition) is 8. The number of methoxy groups -OCH3 is 1. The molecule has 4 rings (SSSR count). The molecule has 2 aromatic heterocycles. The van der Waals surface area contributed by atoms with Crippen LogP contribution in [0.2, 0.25) is 0 Å². The Morgan fingerprint density at radius 1 is 1.32 bits per heavy atom. The first-order valence-electron chi connectivity index (χ1n) is 9.25. The molecule has 2 heterocycles. The van der Waals surface area contributed by atoms with E-state index in [0.29, 0.717) is 30.6 Å². The van der Waals surface area contributed by atoms with E-state index >= 15 is 0 Å². The van der Waals surface area contributed by atoms with Gasteiger partial charge in [-0.25, -0.2) is 14.8 Å². The summed E-state index contributed by atoms with van der Waals surface area (Å²) in [4.78, 5) is 21.1. The molecule has 3 aromatic rings. The van der Waals surface area contributed by atoms with Gasteiger partial charge in [-0.15, -0.1) is 11.3 Å². The van der Waals surface area contributed by atoms with Gasteiger partial charge < -0.3 is 20.1 Å². The quantitative estimate of drug-likeness (QED) is 0.546. The number of esters is 1. The van der Waals surface area contributed by atoms with E-state index in [-0.39, 0.29) is 5.97 Å². The van der Waals surface area contributed by atoms with Crippen molar-refractivity contribution in [2.24, 2.45) is 0 Å². The van der Waals surface area contributed by atoms with E-state index in [0.717, 1.165) is 39.4 Å². The molecular formula is C20H22N4O3S.